The molecule has 0 radical (unpaired) electrons. The van der Waals surface area contributed by atoms with Crippen LogP contribution in [0.5, 0.6) is 5.75 Å². The van der Waals surface area contributed by atoms with E-state index in [-0.39, 0.29) is 18.3 Å². The molecule has 3 nitrogen and oxygen atoms in total. The van der Waals surface area contributed by atoms with Crippen molar-refractivity contribution in [2.45, 2.75) is 32.6 Å². The van der Waals surface area contributed by atoms with E-state index in [2.05, 4.69) is 12.2 Å². The van der Waals surface area contributed by atoms with Crippen LogP contribution in [0.2, 0.25) is 0 Å². The summed E-state index contributed by atoms with van der Waals surface area (Å²) in [6, 6.07) is 5.61. The van der Waals surface area contributed by atoms with Gasteiger partial charge in [0.25, 0.3) is 5.91 Å². The van der Waals surface area contributed by atoms with Gasteiger partial charge in [-0.25, -0.2) is 4.39 Å². The molecule has 18 heavy (non-hydrogen) atoms. The van der Waals surface area contributed by atoms with Gasteiger partial charge in [0.2, 0.25) is 0 Å². The molecule has 0 bridgehead atoms. The van der Waals surface area contributed by atoms with Gasteiger partial charge in [0, 0.05) is 6.54 Å². The van der Waals surface area contributed by atoms with Crippen molar-refractivity contribution in [2.24, 2.45) is 0 Å². The van der Waals surface area contributed by atoms with Crippen LogP contribution in [0, 0.1) is 5.82 Å². The van der Waals surface area contributed by atoms with Crippen molar-refractivity contribution in [1.82, 2.24) is 5.32 Å². The fraction of sp³-hybridized carbons (Fsp3) is 0.500. The molecular formula is C14H20FNO2. The zero-order valence-corrected chi connectivity index (χ0v) is 10.7. The average Bonchev–Trinajstić information content (AvgIpc) is 2.38. The normalized spacial score (nSPS) is 10.1. The van der Waals surface area contributed by atoms with E-state index in [4.69, 9.17) is 4.74 Å². The Morgan fingerprint density at radius 3 is 2.61 bits per heavy atom. The minimum Gasteiger partial charge on any atom is -0.484 e. The van der Waals surface area contributed by atoms with E-state index >= 15 is 0 Å². The number of hydrogen-bond donors (Lipinski definition) is 1. The molecule has 0 atom stereocenters. The van der Waals surface area contributed by atoms with Crippen LogP contribution >= 0.6 is 0 Å². The zero-order valence-electron chi connectivity index (χ0n) is 10.7. The standard InChI is InChI=1S/C14H20FNO2/c1-2-3-4-5-10-16-14(17)11-18-13-8-6-12(15)7-9-13/h6-9H,2-5,10-11H2,1H3,(H,16,17). The van der Waals surface area contributed by atoms with E-state index in [1.54, 1.807) is 0 Å². The van der Waals surface area contributed by atoms with Crippen LogP contribution in [-0.2, 0) is 4.79 Å². The number of benzene rings is 1. The van der Waals surface area contributed by atoms with Crippen LogP contribution in [0.4, 0.5) is 4.39 Å². The molecule has 0 aromatic heterocycles. The highest BCUT2D eigenvalue weighted by Crippen LogP contribution is 2.10. The van der Waals surface area contributed by atoms with Crippen LogP contribution in [0.25, 0.3) is 0 Å². The van der Waals surface area contributed by atoms with Gasteiger partial charge >= 0.3 is 0 Å². The summed E-state index contributed by atoms with van der Waals surface area (Å²) in [5.41, 5.74) is 0. The number of rotatable bonds is 8. The van der Waals surface area contributed by atoms with Gasteiger partial charge < -0.3 is 10.1 Å². The SMILES string of the molecule is CCCCCCNC(=O)COc1ccc(F)cc1. The van der Waals surface area contributed by atoms with Crippen molar-refractivity contribution in [3.8, 4) is 5.75 Å². The number of ether oxygens (including phenoxy) is 1. The molecule has 100 valence electrons. The first kappa shape index (κ1) is 14.5. The van der Waals surface area contributed by atoms with E-state index in [1.807, 2.05) is 0 Å². The molecule has 0 fully saturated rings. The second-order valence-corrected chi connectivity index (χ2v) is 4.15. The third kappa shape index (κ3) is 6.23. The van der Waals surface area contributed by atoms with Crippen LogP contribution < -0.4 is 10.1 Å². The molecule has 1 aromatic rings. The van der Waals surface area contributed by atoms with Gasteiger partial charge in [0.15, 0.2) is 6.61 Å². The summed E-state index contributed by atoms with van der Waals surface area (Å²) in [6.45, 7) is 2.81. The maximum Gasteiger partial charge on any atom is 0.257 e. The Labute approximate surface area is 107 Å². The smallest absolute Gasteiger partial charge is 0.257 e. The minimum absolute atomic E-state index is 0.0284. The van der Waals surface area contributed by atoms with Crippen LogP contribution in [0.3, 0.4) is 0 Å². The van der Waals surface area contributed by atoms with E-state index in [0.29, 0.717) is 12.3 Å². The van der Waals surface area contributed by atoms with Crippen molar-refractivity contribution >= 4 is 5.91 Å². The molecule has 1 rings (SSSR count). The highest BCUT2D eigenvalue weighted by Gasteiger charge is 2.02. The Kier molecular flexibility index (Phi) is 6.84. The van der Waals surface area contributed by atoms with Gasteiger partial charge in [-0.1, -0.05) is 26.2 Å². The molecule has 0 spiro atoms. The molecule has 1 aromatic carbocycles. The van der Waals surface area contributed by atoms with Crippen molar-refractivity contribution < 1.29 is 13.9 Å². The first-order valence-electron chi connectivity index (χ1n) is 6.37. The molecule has 0 saturated carbocycles. The first-order chi connectivity index (χ1) is 8.72. The van der Waals surface area contributed by atoms with E-state index in [1.165, 1.54) is 37.1 Å². The third-order valence-electron chi connectivity index (χ3n) is 2.54. The Hall–Kier alpha value is -1.58. The Bertz CT molecular complexity index is 351. The van der Waals surface area contributed by atoms with E-state index in [9.17, 15) is 9.18 Å². The lowest BCUT2D eigenvalue weighted by Gasteiger charge is -2.07. The number of amides is 1. The highest BCUT2D eigenvalue weighted by atomic mass is 19.1. The maximum atomic E-state index is 12.6. The average molecular weight is 253 g/mol. The van der Waals surface area contributed by atoms with Crippen LogP contribution in [0.15, 0.2) is 24.3 Å². The Morgan fingerprint density at radius 2 is 1.94 bits per heavy atom. The van der Waals surface area contributed by atoms with Gasteiger partial charge in [-0.05, 0) is 30.7 Å². The van der Waals surface area contributed by atoms with E-state index < -0.39 is 0 Å². The van der Waals surface area contributed by atoms with E-state index in [0.717, 1.165) is 12.8 Å². The molecule has 0 heterocycles. The highest BCUT2D eigenvalue weighted by molar-refractivity contribution is 5.77. The number of carbonyl (C=O) groups is 1. The van der Waals surface area contributed by atoms with Gasteiger partial charge in [-0.15, -0.1) is 0 Å². The molecule has 0 aliphatic heterocycles. The fourth-order valence-electron chi connectivity index (χ4n) is 1.51. The Balaban J connectivity index is 2.11. The summed E-state index contributed by atoms with van der Waals surface area (Å²) in [4.78, 5) is 11.4. The topological polar surface area (TPSA) is 38.3 Å². The van der Waals surface area contributed by atoms with Crippen LogP contribution in [-0.4, -0.2) is 19.1 Å². The largest absolute Gasteiger partial charge is 0.484 e. The van der Waals surface area contributed by atoms with Gasteiger partial charge in [0.1, 0.15) is 11.6 Å². The Morgan fingerprint density at radius 1 is 1.22 bits per heavy atom. The minimum atomic E-state index is -0.317. The molecule has 0 saturated heterocycles. The first-order valence-corrected chi connectivity index (χ1v) is 6.37. The molecule has 0 aliphatic rings. The number of halogens is 1. The molecule has 1 amide bonds. The summed E-state index contributed by atoms with van der Waals surface area (Å²) in [5, 5.41) is 2.79. The van der Waals surface area contributed by atoms with Crippen LogP contribution in [0.1, 0.15) is 32.6 Å². The molecule has 4 heteroatoms. The quantitative estimate of drug-likeness (QED) is 0.723. The monoisotopic (exact) mass is 253 g/mol. The number of hydrogen-bond acceptors (Lipinski definition) is 2. The summed E-state index contributed by atoms with van der Waals surface area (Å²) < 4.78 is 17.8. The summed E-state index contributed by atoms with van der Waals surface area (Å²) >= 11 is 0. The predicted octanol–water partition coefficient (Wildman–Crippen LogP) is 2.90. The number of carbonyl (C=O) groups excluding carboxylic acids is 1. The summed E-state index contributed by atoms with van der Waals surface area (Å²) in [6.07, 6.45) is 4.51. The number of unbranched alkanes of at least 4 members (excludes halogenated alkanes) is 3. The van der Waals surface area contributed by atoms with Crippen molar-refractivity contribution in [3.63, 3.8) is 0 Å². The second kappa shape index (κ2) is 8.50. The lowest BCUT2D eigenvalue weighted by atomic mass is 10.2. The van der Waals surface area contributed by atoms with Crippen molar-refractivity contribution in [3.05, 3.63) is 30.1 Å². The summed E-state index contributed by atoms with van der Waals surface area (Å²) in [5.74, 6) is 0.0380. The fourth-order valence-corrected chi connectivity index (χ4v) is 1.51. The predicted molar refractivity (Wildman–Crippen MR) is 69.0 cm³/mol. The molecule has 0 aliphatic carbocycles. The number of nitrogens with one attached hydrogen (secondary N) is 1. The molecule has 0 unspecified atom stereocenters. The van der Waals surface area contributed by atoms with Gasteiger partial charge in [0.05, 0.1) is 0 Å². The maximum absolute atomic E-state index is 12.6. The lowest BCUT2D eigenvalue weighted by molar-refractivity contribution is -0.123. The van der Waals surface area contributed by atoms with Crippen molar-refractivity contribution in [1.29, 1.82) is 0 Å². The lowest BCUT2D eigenvalue weighted by Crippen LogP contribution is -2.29. The molecule has 1 N–H and O–H groups in total. The zero-order chi connectivity index (χ0) is 13.2. The van der Waals surface area contributed by atoms with Gasteiger partial charge in [-0.2, -0.15) is 0 Å². The van der Waals surface area contributed by atoms with Crippen molar-refractivity contribution in [2.75, 3.05) is 13.2 Å². The second-order valence-electron chi connectivity index (χ2n) is 4.15. The summed E-state index contributed by atoms with van der Waals surface area (Å²) in [7, 11) is 0. The van der Waals surface area contributed by atoms with Gasteiger partial charge in [-0.3, -0.25) is 4.79 Å². The molecular weight excluding hydrogens is 233 g/mol. The third-order valence-corrected chi connectivity index (χ3v) is 2.54.